The number of carbonyl (C=O) groups excluding carboxylic acids is 1. The van der Waals surface area contributed by atoms with Crippen LogP contribution in [0.3, 0.4) is 0 Å². The summed E-state index contributed by atoms with van der Waals surface area (Å²) in [4.78, 5) is 12.3. The quantitative estimate of drug-likeness (QED) is 0.509. The molecule has 0 bridgehead atoms. The molecule has 1 aromatic rings. The highest BCUT2D eigenvalue weighted by Crippen LogP contribution is 2.17. The van der Waals surface area contributed by atoms with E-state index in [1.807, 2.05) is 12.1 Å². The number of alkyl halides is 2. The second-order valence-corrected chi connectivity index (χ2v) is 4.34. The number of hydrogen-bond donors (Lipinski definition) is 1. The third-order valence-corrected chi connectivity index (χ3v) is 2.87. The van der Waals surface area contributed by atoms with Gasteiger partial charge in [-0.15, -0.1) is 24.2 Å². The van der Waals surface area contributed by atoms with E-state index in [0.29, 0.717) is 17.9 Å². The molecule has 0 fully saturated rings. The Labute approximate surface area is 102 Å². The lowest BCUT2D eigenvalue weighted by atomic mass is 10.1. The molecule has 0 heterocycles. The molecule has 0 saturated heterocycles. The average molecular weight is 294 g/mol. The molecule has 76 valence electrons. The van der Waals surface area contributed by atoms with Crippen molar-refractivity contribution in [2.45, 2.75) is 16.6 Å². The number of carbonyl (C=O) groups is 1. The Bertz CT molecular complexity index is 341. The van der Waals surface area contributed by atoms with Crippen LogP contribution in [-0.4, -0.2) is 11.7 Å². The van der Waals surface area contributed by atoms with Gasteiger partial charge in [-0.1, -0.05) is 15.9 Å². The van der Waals surface area contributed by atoms with Crippen molar-refractivity contribution in [3.05, 3.63) is 29.3 Å². The standard InChI is InChI=1S/C10H10BrClOS/c11-6-7-3-8(5-9(14)4-7)10(13)1-2-12/h3-5,14H,1-2,6H2. The fourth-order valence-corrected chi connectivity index (χ4v) is 1.94. The molecule has 14 heavy (non-hydrogen) atoms. The largest absolute Gasteiger partial charge is 0.294 e. The molecular weight excluding hydrogens is 284 g/mol. The molecular formula is C10H10BrClOS. The predicted octanol–water partition coefficient (Wildman–Crippen LogP) is 3.68. The van der Waals surface area contributed by atoms with Gasteiger partial charge in [0.1, 0.15) is 0 Å². The summed E-state index contributed by atoms with van der Waals surface area (Å²) in [6.45, 7) is 0. The summed E-state index contributed by atoms with van der Waals surface area (Å²) in [5.74, 6) is 0.428. The Morgan fingerprint density at radius 3 is 2.71 bits per heavy atom. The molecule has 0 aromatic heterocycles. The van der Waals surface area contributed by atoms with Crippen LogP contribution in [0, 0.1) is 0 Å². The van der Waals surface area contributed by atoms with Crippen LogP contribution < -0.4 is 0 Å². The predicted molar refractivity (Wildman–Crippen MR) is 66.0 cm³/mol. The summed E-state index contributed by atoms with van der Waals surface area (Å²) < 4.78 is 0. The lowest BCUT2D eigenvalue weighted by Gasteiger charge is -2.03. The molecule has 0 unspecified atom stereocenters. The zero-order valence-electron chi connectivity index (χ0n) is 7.46. The van der Waals surface area contributed by atoms with Gasteiger partial charge in [-0.25, -0.2) is 0 Å². The Balaban J connectivity index is 2.96. The van der Waals surface area contributed by atoms with Crippen LogP contribution in [0.2, 0.25) is 0 Å². The molecule has 0 radical (unpaired) electrons. The van der Waals surface area contributed by atoms with Crippen LogP contribution in [0.25, 0.3) is 0 Å². The van der Waals surface area contributed by atoms with E-state index in [2.05, 4.69) is 28.6 Å². The van der Waals surface area contributed by atoms with Crippen molar-refractivity contribution in [1.29, 1.82) is 0 Å². The highest BCUT2D eigenvalue weighted by atomic mass is 79.9. The second kappa shape index (κ2) is 5.79. The van der Waals surface area contributed by atoms with Gasteiger partial charge in [-0.2, -0.15) is 0 Å². The van der Waals surface area contributed by atoms with Gasteiger partial charge in [0.15, 0.2) is 5.78 Å². The van der Waals surface area contributed by atoms with Crippen molar-refractivity contribution >= 4 is 45.9 Å². The van der Waals surface area contributed by atoms with Crippen molar-refractivity contribution in [3.63, 3.8) is 0 Å². The summed E-state index contributed by atoms with van der Waals surface area (Å²) in [6.07, 6.45) is 0.376. The highest BCUT2D eigenvalue weighted by molar-refractivity contribution is 9.08. The van der Waals surface area contributed by atoms with Crippen molar-refractivity contribution in [3.8, 4) is 0 Å². The van der Waals surface area contributed by atoms with Gasteiger partial charge >= 0.3 is 0 Å². The molecule has 0 aliphatic rings. The minimum atomic E-state index is 0.0677. The van der Waals surface area contributed by atoms with E-state index in [-0.39, 0.29) is 5.78 Å². The molecule has 0 aliphatic heterocycles. The molecule has 0 saturated carbocycles. The van der Waals surface area contributed by atoms with Crippen LogP contribution in [0.15, 0.2) is 23.1 Å². The summed E-state index contributed by atoms with van der Waals surface area (Å²) in [6, 6.07) is 5.56. The molecule has 4 heteroatoms. The number of rotatable bonds is 4. The lowest BCUT2D eigenvalue weighted by Crippen LogP contribution is -2.00. The summed E-state index contributed by atoms with van der Waals surface area (Å²) in [5.41, 5.74) is 1.74. The maximum absolute atomic E-state index is 11.5. The molecule has 0 atom stereocenters. The van der Waals surface area contributed by atoms with Crippen LogP contribution in [0.5, 0.6) is 0 Å². The summed E-state index contributed by atoms with van der Waals surface area (Å²) in [5, 5.41) is 0.725. The number of benzene rings is 1. The smallest absolute Gasteiger partial charge is 0.164 e. The first-order valence-corrected chi connectivity index (χ1v) is 6.25. The van der Waals surface area contributed by atoms with E-state index in [0.717, 1.165) is 15.8 Å². The first-order chi connectivity index (χ1) is 6.67. The zero-order chi connectivity index (χ0) is 10.6. The number of ketones is 1. The third-order valence-electron chi connectivity index (χ3n) is 1.78. The van der Waals surface area contributed by atoms with E-state index in [9.17, 15) is 4.79 Å². The number of Topliss-reactive ketones (excluding diaryl/α,β-unsaturated/α-hetero) is 1. The Hall–Kier alpha value is 0.01000. The van der Waals surface area contributed by atoms with Gasteiger partial charge < -0.3 is 0 Å². The molecule has 1 nitrogen and oxygen atoms in total. The maximum Gasteiger partial charge on any atom is 0.164 e. The lowest BCUT2D eigenvalue weighted by molar-refractivity contribution is 0.0989. The van der Waals surface area contributed by atoms with E-state index >= 15 is 0 Å². The van der Waals surface area contributed by atoms with Crippen molar-refractivity contribution in [2.24, 2.45) is 0 Å². The topological polar surface area (TPSA) is 17.1 Å². The van der Waals surface area contributed by atoms with Gasteiger partial charge in [0, 0.05) is 28.1 Å². The van der Waals surface area contributed by atoms with Gasteiger partial charge in [0.2, 0.25) is 0 Å². The van der Waals surface area contributed by atoms with Gasteiger partial charge in [-0.3, -0.25) is 4.79 Å². The van der Waals surface area contributed by atoms with Crippen molar-refractivity contribution in [2.75, 3.05) is 5.88 Å². The van der Waals surface area contributed by atoms with Crippen LogP contribution >= 0.6 is 40.2 Å². The van der Waals surface area contributed by atoms with Crippen LogP contribution in [0.1, 0.15) is 22.3 Å². The fourth-order valence-electron chi connectivity index (χ4n) is 1.14. The fraction of sp³-hybridized carbons (Fsp3) is 0.300. The molecule has 0 N–H and O–H groups in total. The van der Waals surface area contributed by atoms with Crippen LogP contribution in [0.4, 0.5) is 0 Å². The van der Waals surface area contributed by atoms with Crippen molar-refractivity contribution < 1.29 is 4.79 Å². The summed E-state index contributed by atoms with van der Waals surface area (Å²) >= 11 is 13.1. The molecule has 0 aliphatic carbocycles. The molecule has 0 spiro atoms. The first-order valence-electron chi connectivity index (χ1n) is 4.15. The third kappa shape index (κ3) is 3.30. The van der Waals surface area contributed by atoms with Crippen LogP contribution in [-0.2, 0) is 5.33 Å². The highest BCUT2D eigenvalue weighted by Gasteiger charge is 2.06. The number of thiol groups is 1. The van der Waals surface area contributed by atoms with Gasteiger partial charge in [0.25, 0.3) is 0 Å². The normalized spacial score (nSPS) is 10.2. The van der Waals surface area contributed by atoms with E-state index in [1.54, 1.807) is 6.07 Å². The monoisotopic (exact) mass is 292 g/mol. The molecule has 0 amide bonds. The SMILES string of the molecule is O=C(CCCl)c1cc(S)cc(CBr)c1. The molecule has 1 rings (SSSR count). The second-order valence-electron chi connectivity index (χ2n) is 2.88. The zero-order valence-corrected chi connectivity index (χ0v) is 10.7. The Morgan fingerprint density at radius 2 is 2.14 bits per heavy atom. The molecule has 1 aromatic carbocycles. The van der Waals surface area contributed by atoms with Gasteiger partial charge in [-0.05, 0) is 23.8 Å². The van der Waals surface area contributed by atoms with E-state index < -0.39 is 0 Å². The minimum Gasteiger partial charge on any atom is -0.294 e. The van der Waals surface area contributed by atoms with Crippen molar-refractivity contribution in [1.82, 2.24) is 0 Å². The van der Waals surface area contributed by atoms with Gasteiger partial charge in [0.05, 0.1) is 0 Å². The average Bonchev–Trinajstić information content (AvgIpc) is 2.17. The Kier molecular flexibility index (Phi) is 4.99. The van der Waals surface area contributed by atoms with E-state index in [1.165, 1.54) is 0 Å². The maximum atomic E-state index is 11.5. The Morgan fingerprint density at radius 1 is 1.43 bits per heavy atom. The first kappa shape index (κ1) is 12.1. The summed E-state index contributed by atoms with van der Waals surface area (Å²) in [7, 11) is 0. The number of halogens is 2. The number of hydrogen-bond acceptors (Lipinski definition) is 2. The van der Waals surface area contributed by atoms with E-state index in [4.69, 9.17) is 11.6 Å². The minimum absolute atomic E-state index is 0.0677.